The van der Waals surface area contributed by atoms with Gasteiger partial charge in [0, 0.05) is 18.4 Å². The molecule has 1 saturated heterocycles. The van der Waals surface area contributed by atoms with E-state index in [1.165, 1.54) is 17.4 Å². The molecule has 11 heteroatoms. The summed E-state index contributed by atoms with van der Waals surface area (Å²) in [6.07, 6.45) is -1.26. The summed E-state index contributed by atoms with van der Waals surface area (Å²) in [5.74, 6) is 1.12. The minimum atomic E-state index is -4.47. The van der Waals surface area contributed by atoms with Gasteiger partial charge in [-0.1, -0.05) is 0 Å². The van der Waals surface area contributed by atoms with Gasteiger partial charge in [-0.2, -0.15) is 18.3 Å². The highest BCUT2D eigenvalue weighted by Gasteiger charge is 2.32. The van der Waals surface area contributed by atoms with Crippen LogP contribution in [0, 0.1) is 13.8 Å². The molecule has 0 saturated carbocycles. The average Bonchev–Trinajstić information content (AvgIpc) is 3.35. The molecule has 7 nitrogen and oxygen atoms in total. The van der Waals surface area contributed by atoms with Crippen molar-refractivity contribution >= 4 is 37.6 Å². The van der Waals surface area contributed by atoms with Crippen molar-refractivity contribution in [1.29, 1.82) is 0 Å². The van der Waals surface area contributed by atoms with Gasteiger partial charge in [0.1, 0.15) is 34.5 Å². The van der Waals surface area contributed by atoms with E-state index in [4.69, 9.17) is 4.74 Å². The lowest BCUT2D eigenvalue weighted by atomic mass is 10.1. The largest absolute Gasteiger partial charge is 0.487 e. The van der Waals surface area contributed by atoms with Crippen molar-refractivity contribution in [2.24, 2.45) is 0 Å². The van der Waals surface area contributed by atoms with Gasteiger partial charge in [-0.3, -0.25) is 0 Å². The number of rotatable bonds is 3. The number of thiophene rings is 1. The second kappa shape index (κ2) is 7.26. The molecule has 160 valence electrons. The molecule has 4 aromatic heterocycles. The third-order valence-corrected chi connectivity index (χ3v) is 6.48. The van der Waals surface area contributed by atoms with E-state index < -0.39 is 11.9 Å². The molecule has 0 radical (unpaired) electrons. The van der Waals surface area contributed by atoms with Gasteiger partial charge in [-0.15, -0.1) is 16.4 Å². The van der Waals surface area contributed by atoms with Crippen LogP contribution in [0.3, 0.4) is 0 Å². The molecule has 0 N–H and O–H groups in total. The molecule has 0 aliphatic carbocycles. The summed E-state index contributed by atoms with van der Waals surface area (Å²) < 4.78 is 44.9. The van der Waals surface area contributed by atoms with E-state index in [2.05, 4.69) is 30.0 Å². The van der Waals surface area contributed by atoms with E-state index >= 15 is 0 Å². The number of nitrogens with zero attached hydrogens (tertiary/aromatic N) is 6. The highest BCUT2D eigenvalue weighted by molar-refractivity contribution is 7.26. The van der Waals surface area contributed by atoms with Crippen LogP contribution in [0.15, 0.2) is 24.7 Å². The zero-order valence-electron chi connectivity index (χ0n) is 16.6. The Bertz CT molecular complexity index is 1270. The third-order valence-electron chi connectivity index (χ3n) is 5.42. The van der Waals surface area contributed by atoms with E-state index in [-0.39, 0.29) is 6.10 Å². The van der Waals surface area contributed by atoms with Gasteiger partial charge in [0.25, 0.3) is 0 Å². The summed E-state index contributed by atoms with van der Waals surface area (Å²) in [5.41, 5.74) is 1.84. The summed E-state index contributed by atoms with van der Waals surface area (Å²) in [7, 11) is 0. The normalized spacial score (nSPS) is 17.1. The van der Waals surface area contributed by atoms with E-state index in [9.17, 15) is 13.2 Å². The van der Waals surface area contributed by atoms with Gasteiger partial charge in [-0.05, 0) is 31.5 Å². The summed E-state index contributed by atoms with van der Waals surface area (Å²) in [5, 5.41) is 9.52. The van der Waals surface area contributed by atoms with Gasteiger partial charge in [0.2, 0.25) is 0 Å². The van der Waals surface area contributed by atoms with Crippen LogP contribution in [0.4, 0.5) is 19.0 Å². The average molecular weight is 446 g/mol. The molecule has 0 unspecified atom stereocenters. The molecule has 1 atom stereocenters. The van der Waals surface area contributed by atoms with Crippen LogP contribution in [0.25, 0.3) is 20.4 Å². The van der Waals surface area contributed by atoms with Crippen molar-refractivity contribution in [3.63, 3.8) is 0 Å². The fraction of sp³-hybridized carbons (Fsp3) is 0.350. The molecule has 5 rings (SSSR count). The number of pyridine rings is 1. The Balaban J connectivity index is 1.39. The van der Waals surface area contributed by atoms with Gasteiger partial charge >= 0.3 is 6.18 Å². The molecule has 31 heavy (non-hydrogen) atoms. The maximum atomic E-state index is 12.7. The van der Waals surface area contributed by atoms with Gasteiger partial charge in [0.15, 0.2) is 0 Å². The summed E-state index contributed by atoms with van der Waals surface area (Å²) in [4.78, 5) is 15.4. The second-order valence-electron chi connectivity index (χ2n) is 7.42. The topological polar surface area (TPSA) is 76.9 Å². The maximum Gasteiger partial charge on any atom is 0.433 e. The van der Waals surface area contributed by atoms with Crippen LogP contribution in [-0.4, -0.2) is 44.3 Å². The summed E-state index contributed by atoms with van der Waals surface area (Å²) >= 11 is 1.51. The number of aromatic nitrogens is 5. The Hall–Kier alpha value is -3.08. The molecular weight excluding hydrogens is 429 g/mol. The summed E-state index contributed by atoms with van der Waals surface area (Å²) in [6, 6.07) is 2.23. The van der Waals surface area contributed by atoms with Gasteiger partial charge in [0.05, 0.1) is 28.7 Å². The Morgan fingerprint density at radius 3 is 2.71 bits per heavy atom. The number of alkyl halides is 3. The van der Waals surface area contributed by atoms with Gasteiger partial charge < -0.3 is 9.64 Å². The predicted octanol–water partition coefficient (Wildman–Crippen LogP) is 4.32. The Kier molecular flexibility index (Phi) is 4.65. The standard InChI is InChI=1S/C20H17F3N6OS/c1-10-11(2)27-28-19-15(10)16-17(31-19)18(26-9-25-16)29-6-5-13(8-29)30-12-3-4-14(24-7-12)20(21,22)23/h3-4,7,9,13H,5-6,8H2,1-2H3/t13-/m0/s1. The first-order valence-electron chi connectivity index (χ1n) is 9.63. The highest BCUT2D eigenvalue weighted by Crippen LogP contribution is 2.39. The van der Waals surface area contributed by atoms with Crippen molar-refractivity contribution in [1.82, 2.24) is 25.1 Å². The molecule has 0 aromatic carbocycles. The lowest BCUT2D eigenvalue weighted by molar-refractivity contribution is -0.141. The van der Waals surface area contributed by atoms with E-state index in [0.717, 1.165) is 56.2 Å². The lowest BCUT2D eigenvalue weighted by Gasteiger charge is -2.18. The first-order chi connectivity index (χ1) is 14.8. The van der Waals surface area contributed by atoms with E-state index in [1.54, 1.807) is 6.33 Å². The molecule has 1 aliphatic rings. The smallest absolute Gasteiger partial charge is 0.433 e. The zero-order chi connectivity index (χ0) is 21.8. The van der Waals surface area contributed by atoms with Gasteiger partial charge in [-0.25, -0.2) is 15.0 Å². The van der Waals surface area contributed by atoms with Crippen molar-refractivity contribution in [3.05, 3.63) is 41.6 Å². The fourth-order valence-electron chi connectivity index (χ4n) is 3.72. The van der Waals surface area contributed by atoms with E-state index in [1.807, 2.05) is 13.8 Å². The minimum absolute atomic E-state index is 0.179. The fourth-order valence-corrected chi connectivity index (χ4v) is 4.87. The predicted molar refractivity (Wildman–Crippen MR) is 110 cm³/mol. The highest BCUT2D eigenvalue weighted by atomic mass is 32.1. The number of anilines is 1. The number of hydrogen-bond donors (Lipinski definition) is 0. The lowest BCUT2D eigenvalue weighted by Crippen LogP contribution is -2.25. The van der Waals surface area contributed by atoms with Crippen molar-refractivity contribution < 1.29 is 17.9 Å². The second-order valence-corrected chi connectivity index (χ2v) is 8.42. The molecule has 5 heterocycles. The Morgan fingerprint density at radius 1 is 1.13 bits per heavy atom. The molecule has 0 amide bonds. The minimum Gasteiger partial charge on any atom is -0.487 e. The van der Waals surface area contributed by atoms with Crippen LogP contribution >= 0.6 is 11.3 Å². The van der Waals surface area contributed by atoms with E-state index in [0.29, 0.717) is 18.8 Å². The number of ether oxygens (including phenoxy) is 1. The van der Waals surface area contributed by atoms with Crippen LogP contribution in [0.5, 0.6) is 5.75 Å². The first kappa shape index (κ1) is 19.9. The van der Waals surface area contributed by atoms with Crippen molar-refractivity contribution in [2.75, 3.05) is 18.0 Å². The molecular formula is C20H17F3N6OS. The number of fused-ring (bicyclic) bond motifs is 3. The van der Waals surface area contributed by atoms with Crippen LogP contribution < -0.4 is 9.64 Å². The number of hydrogen-bond acceptors (Lipinski definition) is 8. The zero-order valence-corrected chi connectivity index (χ0v) is 17.5. The summed E-state index contributed by atoms with van der Waals surface area (Å²) in [6.45, 7) is 5.21. The third kappa shape index (κ3) is 3.52. The maximum absolute atomic E-state index is 12.7. The Morgan fingerprint density at radius 2 is 1.97 bits per heavy atom. The van der Waals surface area contributed by atoms with Crippen molar-refractivity contribution in [2.45, 2.75) is 32.5 Å². The monoisotopic (exact) mass is 446 g/mol. The van der Waals surface area contributed by atoms with Crippen LogP contribution in [0.2, 0.25) is 0 Å². The van der Waals surface area contributed by atoms with Crippen LogP contribution in [-0.2, 0) is 6.18 Å². The number of halogens is 3. The van der Waals surface area contributed by atoms with Crippen molar-refractivity contribution in [3.8, 4) is 5.75 Å². The van der Waals surface area contributed by atoms with Crippen LogP contribution in [0.1, 0.15) is 23.4 Å². The molecule has 0 bridgehead atoms. The quantitative estimate of drug-likeness (QED) is 0.464. The Labute approximate surface area is 178 Å². The number of aryl methyl sites for hydroxylation is 2. The first-order valence-corrected chi connectivity index (χ1v) is 10.4. The molecule has 1 aliphatic heterocycles. The molecule has 4 aromatic rings. The molecule has 0 spiro atoms. The SMILES string of the molecule is Cc1nnc2sc3c(N4CC[C@H](Oc5ccc(C(F)(F)F)nc5)C4)ncnc3c2c1C. The molecule has 1 fully saturated rings.